The fraction of sp³-hybridized carbons (Fsp3) is 0.375. The van der Waals surface area contributed by atoms with Gasteiger partial charge in [-0.3, -0.25) is 4.98 Å². The van der Waals surface area contributed by atoms with Crippen LogP contribution in [-0.2, 0) is 6.42 Å². The van der Waals surface area contributed by atoms with Crippen molar-refractivity contribution in [3.63, 3.8) is 0 Å². The summed E-state index contributed by atoms with van der Waals surface area (Å²) in [6.45, 7) is 0.593. The van der Waals surface area contributed by atoms with Gasteiger partial charge in [0.05, 0.1) is 16.9 Å². The SMILES string of the molecule is NCCCc1ncc(F)cc1Cl. The lowest BCUT2D eigenvalue weighted by Gasteiger charge is -2.00. The maximum absolute atomic E-state index is 12.5. The highest BCUT2D eigenvalue weighted by Crippen LogP contribution is 2.15. The molecule has 0 aliphatic rings. The third-order valence-corrected chi connectivity index (χ3v) is 1.83. The first-order valence-corrected chi connectivity index (χ1v) is 4.12. The molecule has 0 aliphatic carbocycles. The first-order valence-electron chi connectivity index (χ1n) is 3.74. The van der Waals surface area contributed by atoms with Crippen LogP contribution < -0.4 is 5.73 Å². The van der Waals surface area contributed by atoms with Crippen LogP contribution in [0.3, 0.4) is 0 Å². The average molecular weight is 189 g/mol. The quantitative estimate of drug-likeness (QED) is 0.785. The molecule has 1 rings (SSSR count). The number of pyridine rings is 1. The van der Waals surface area contributed by atoms with Crippen molar-refractivity contribution >= 4 is 11.6 Å². The predicted octanol–water partition coefficient (Wildman–Crippen LogP) is 1.77. The van der Waals surface area contributed by atoms with Gasteiger partial charge < -0.3 is 5.73 Å². The molecule has 0 spiro atoms. The van der Waals surface area contributed by atoms with Gasteiger partial charge in [0, 0.05) is 0 Å². The second kappa shape index (κ2) is 4.38. The summed E-state index contributed by atoms with van der Waals surface area (Å²) in [6.07, 6.45) is 2.69. The Kier molecular flexibility index (Phi) is 3.44. The summed E-state index contributed by atoms with van der Waals surface area (Å²) in [5.74, 6) is -0.406. The molecule has 1 heterocycles. The molecule has 0 bridgehead atoms. The van der Waals surface area contributed by atoms with Gasteiger partial charge in [-0.2, -0.15) is 0 Å². The fourth-order valence-electron chi connectivity index (χ4n) is 0.896. The zero-order valence-electron chi connectivity index (χ0n) is 6.56. The average Bonchev–Trinajstić information content (AvgIpc) is 2.03. The Balaban J connectivity index is 2.72. The smallest absolute Gasteiger partial charge is 0.142 e. The molecule has 1 aromatic rings. The van der Waals surface area contributed by atoms with Crippen molar-refractivity contribution in [2.24, 2.45) is 5.73 Å². The van der Waals surface area contributed by atoms with E-state index in [-0.39, 0.29) is 0 Å². The Bertz CT molecular complexity index is 265. The first kappa shape index (κ1) is 9.42. The molecule has 0 radical (unpaired) electrons. The second-order valence-corrected chi connectivity index (χ2v) is 2.88. The van der Waals surface area contributed by atoms with Crippen LogP contribution in [0.1, 0.15) is 12.1 Å². The maximum Gasteiger partial charge on any atom is 0.142 e. The Morgan fingerprint density at radius 1 is 1.58 bits per heavy atom. The summed E-state index contributed by atoms with van der Waals surface area (Å²) in [4.78, 5) is 3.85. The molecule has 4 heteroatoms. The Hall–Kier alpha value is -0.670. The van der Waals surface area contributed by atoms with E-state index in [9.17, 15) is 4.39 Å². The third kappa shape index (κ3) is 2.43. The monoisotopic (exact) mass is 188 g/mol. The fourth-order valence-corrected chi connectivity index (χ4v) is 1.14. The first-order chi connectivity index (χ1) is 5.74. The van der Waals surface area contributed by atoms with E-state index >= 15 is 0 Å². The third-order valence-electron chi connectivity index (χ3n) is 1.50. The normalized spacial score (nSPS) is 10.2. The highest BCUT2D eigenvalue weighted by atomic mass is 35.5. The predicted molar refractivity (Wildman–Crippen MR) is 46.6 cm³/mol. The zero-order valence-corrected chi connectivity index (χ0v) is 7.31. The van der Waals surface area contributed by atoms with Gasteiger partial charge in [0.2, 0.25) is 0 Å². The molecule has 0 fully saturated rings. The van der Waals surface area contributed by atoms with Gasteiger partial charge in [-0.1, -0.05) is 11.6 Å². The molecule has 2 N–H and O–H groups in total. The van der Waals surface area contributed by atoms with Crippen molar-refractivity contribution < 1.29 is 4.39 Å². The number of nitrogens with zero attached hydrogens (tertiary/aromatic N) is 1. The number of hydrogen-bond donors (Lipinski definition) is 1. The topological polar surface area (TPSA) is 38.9 Å². The summed E-state index contributed by atoms with van der Waals surface area (Å²) >= 11 is 5.72. The van der Waals surface area contributed by atoms with E-state index in [0.29, 0.717) is 23.7 Å². The molecule has 0 amide bonds. The minimum atomic E-state index is -0.406. The Labute approximate surface area is 75.6 Å². The molecule has 0 aromatic carbocycles. The second-order valence-electron chi connectivity index (χ2n) is 2.47. The van der Waals surface area contributed by atoms with Crippen molar-refractivity contribution in [3.8, 4) is 0 Å². The van der Waals surface area contributed by atoms with Crippen molar-refractivity contribution in [3.05, 3.63) is 28.8 Å². The lowest BCUT2D eigenvalue weighted by Crippen LogP contribution is -2.02. The van der Waals surface area contributed by atoms with E-state index in [1.165, 1.54) is 6.07 Å². The van der Waals surface area contributed by atoms with Crippen molar-refractivity contribution in [2.75, 3.05) is 6.54 Å². The van der Waals surface area contributed by atoms with Crippen LogP contribution in [0.2, 0.25) is 5.02 Å². The number of aryl methyl sites for hydroxylation is 1. The van der Waals surface area contributed by atoms with Gasteiger partial charge in [-0.15, -0.1) is 0 Å². The summed E-state index contributed by atoms with van der Waals surface area (Å²) in [6, 6.07) is 1.26. The van der Waals surface area contributed by atoms with Crippen molar-refractivity contribution in [1.29, 1.82) is 0 Å². The number of hydrogen-bond acceptors (Lipinski definition) is 2. The Morgan fingerprint density at radius 2 is 2.33 bits per heavy atom. The lowest BCUT2D eigenvalue weighted by molar-refractivity contribution is 0.618. The maximum atomic E-state index is 12.5. The standard InChI is InChI=1S/C8H10ClFN2/c9-7-4-6(10)5-12-8(7)2-1-3-11/h4-5H,1-3,11H2. The van der Waals surface area contributed by atoms with E-state index in [2.05, 4.69) is 4.98 Å². The van der Waals surface area contributed by atoms with Gasteiger partial charge in [0.15, 0.2) is 0 Å². The Morgan fingerprint density at radius 3 is 2.92 bits per heavy atom. The molecule has 0 aliphatic heterocycles. The van der Waals surface area contributed by atoms with Crippen molar-refractivity contribution in [1.82, 2.24) is 4.98 Å². The van der Waals surface area contributed by atoms with E-state index in [1.54, 1.807) is 0 Å². The van der Waals surface area contributed by atoms with Crippen LogP contribution >= 0.6 is 11.6 Å². The molecule has 66 valence electrons. The molecule has 0 saturated heterocycles. The molecule has 0 atom stereocenters. The largest absolute Gasteiger partial charge is 0.330 e. The molecule has 2 nitrogen and oxygen atoms in total. The van der Waals surface area contributed by atoms with Gasteiger partial charge in [-0.25, -0.2) is 4.39 Å². The summed E-state index contributed by atoms with van der Waals surface area (Å²) in [5.41, 5.74) is 6.02. The van der Waals surface area contributed by atoms with Crippen LogP contribution in [0.5, 0.6) is 0 Å². The summed E-state index contributed by atoms with van der Waals surface area (Å²) < 4.78 is 12.5. The number of rotatable bonds is 3. The highest BCUT2D eigenvalue weighted by molar-refractivity contribution is 6.31. The summed E-state index contributed by atoms with van der Waals surface area (Å²) in [7, 11) is 0. The van der Waals surface area contributed by atoms with E-state index in [0.717, 1.165) is 12.6 Å². The van der Waals surface area contributed by atoms with Gasteiger partial charge in [-0.05, 0) is 25.5 Å². The minimum absolute atomic E-state index is 0.378. The molecular formula is C8H10ClFN2. The summed E-state index contributed by atoms with van der Waals surface area (Å²) in [5, 5.41) is 0.378. The molecular weight excluding hydrogens is 179 g/mol. The van der Waals surface area contributed by atoms with Gasteiger partial charge in [0.1, 0.15) is 5.82 Å². The van der Waals surface area contributed by atoms with Crippen LogP contribution in [0.4, 0.5) is 4.39 Å². The number of aromatic nitrogens is 1. The molecule has 0 saturated carbocycles. The van der Waals surface area contributed by atoms with Crippen LogP contribution in [0.15, 0.2) is 12.3 Å². The van der Waals surface area contributed by atoms with Crippen LogP contribution in [0, 0.1) is 5.82 Å². The highest BCUT2D eigenvalue weighted by Gasteiger charge is 2.02. The molecule has 12 heavy (non-hydrogen) atoms. The molecule has 1 aromatic heterocycles. The van der Waals surface area contributed by atoms with E-state index in [1.807, 2.05) is 0 Å². The number of nitrogens with two attached hydrogens (primary N) is 1. The zero-order chi connectivity index (χ0) is 8.97. The van der Waals surface area contributed by atoms with E-state index in [4.69, 9.17) is 17.3 Å². The number of halogens is 2. The minimum Gasteiger partial charge on any atom is -0.330 e. The van der Waals surface area contributed by atoms with Gasteiger partial charge >= 0.3 is 0 Å². The molecule has 0 unspecified atom stereocenters. The lowest BCUT2D eigenvalue weighted by atomic mass is 10.2. The van der Waals surface area contributed by atoms with Crippen LogP contribution in [0.25, 0.3) is 0 Å². The van der Waals surface area contributed by atoms with Crippen molar-refractivity contribution in [2.45, 2.75) is 12.8 Å². The van der Waals surface area contributed by atoms with Gasteiger partial charge in [0.25, 0.3) is 0 Å². The van der Waals surface area contributed by atoms with Crippen LogP contribution in [-0.4, -0.2) is 11.5 Å². The van der Waals surface area contributed by atoms with E-state index < -0.39 is 5.82 Å².